The quantitative estimate of drug-likeness (QED) is 0.822. The highest BCUT2D eigenvalue weighted by atomic mass is 16.1. The van der Waals surface area contributed by atoms with Crippen LogP contribution < -0.4 is 4.90 Å². The van der Waals surface area contributed by atoms with Crippen molar-refractivity contribution in [2.24, 2.45) is 0 Å². The minimum Gasteiger partial charge on any atom is -0.353 e. The predicted octanol–water partition coefficient (Wildman–Crippen LogP) is 1.32. The Morgan fingerprint density at radius 2 is 1.95 bits per heavy atom. The van der Waals surface area contributed by atoms with Gasteiger partial charge in [0.15, 0.2) is 0 Å². The minimum absolute atomic E-state index is 0.690. The largest absolute Gasteiger partial charge is 0.353 e. The number of H-pyrrole nitrogens is 1. The van der Waals surface area contributed by atoms with Crippen molar-refractivity contribution in [1.29, 1.82) is 5.26 Å². The second-order valence-corrected chi connectivity index (χ2v) is 4.63. The topological polar surface area (TPSA) is 63.1 Å². The standard InChI is InChI=1S/C14H14N4O/c15-9-12-11-3-1-2-4-13(11)16-14(12)18-7-5-17(10-19)6-8-18/h1-4,10,16H,5-8H2. The Morgan fingerprint density at radius 3 is 2.63 bits per heavy atom. The fourth-order valence-electron chi connectivity index (χ4n) is 2.53. The highest BCUT2D eigenvalue weighted by molar-refractivity contribution is 5.91. The second-order valence-electron chi connectivity index (χ2n) is 4.63. The lowest BCUT2D eigenvalue weighted by atomic mass is 10.1. The third kappa shape index (κ3) is 1.91. The summed E-state index contributed by atoms with van der Waals surface area (Å²) in [6.45, 7) is 2.90. The van der Waals surface area contributed by atoms with E-state index in [0.29, 0.717) is 18.7 Å². The molecule has 1 amide bonds. The van der Waals surface area contributed by atoms with Crippen LogP contribution in [0.1, 0.15) is 5.56 Å². The molecule has 0 spiro atoms. The van der Waals surface area contributed by atoms with Crippen LogP contribution in [0.15, 0.2) is 24.3 Å². The molecular weight excluding hydrogens is 240 g/mol. The van der Waals surface area contributed by atoms with Gasteiger partial charge < -0.3 is 14.8 Å². The number of hydrogen-bond donors (Lipinski definition) is 1. The van der Waals surface area contributed by atoms with E-state index in [-0.39, 0.29) is 0 Å². The van der Waals surface area contributed by atoms with Crippen LogP contribution in [-0.4, -0.2) is 42.5 Å². The SMILES string of the molecule is N#Cc1c(N2CCN(C=O)CC2)[nH]c2ccccc12. The molecule has 0 atom stereocenters. The molecular formula is C14H14N4O. The van der Waals surface area contributed by atoms with Crippen LogP contribution >= 0.6 is 0 Å². The third-order valence-electron chi connectivity index (χ3n) is 3.58. The molecule has 0 bridgehead atoms. The van der Waals surface area contributed by atoms with Gasteiger partial charge >= 0.3 is 0 Å². The zero-order valence-corrected chi connectivity index (χ0v) is 10.5. The molecule has 5 heteroatoms. The van der Waals surface area contributed by atoms with Crippen LogP contribution in [0, 0.1) is 11.3 Å². The summed E-state index contributed by atoms with van der Waals surface area (Å²) in [6, 6.07) is 10.1. The highest BCUT2D eigenvalue weighted by Gasteiger charge is 2.21. The molecule has 96 valence electrons. The Labute approximate surface area is 111 Å². The average Bonchev–Trinajstić information content (AvgIpc) is 2.85. The number of anilines is 1. The van der Waals surface area contributed by atoms with E-state index in [1.165, 1.54) is 0 Å². The fraction of sp³-hybridized carbons (Fsp3) is 0.286. The summed E-state index contributed by atoms with van der Waals surface area (Å²) in [4.78, 5) is 17.9. The zero-order valence-electron chi connectivity index (χ0n) is 10.5. The zero-order chi connectivity index (χ0) is 13.2. The number of aromatic nitrogens is 1. The molecule has 3 rings (SSSR count). The molecule has 1 saturated heterocycles. The second kappa shape index (κ2) is 4.65. The van der Waals surface area contributed by atoms with E-state index in [1.54, 1.807) is 4.90 Å². The fourth-order valence-corrected chi connectivity index (χ4v) is 2.53. The number of nitriles is 1. The molecule has 1 fully saturated rings. The molecule has 5 nitrogen and oxygen atoms in total. The summed E-state index contributed by atoms with van der Waals surface area (Å²) in [6.07, 6.45) is 0.883. The number of rotatable bonds is 2. The maximum absolute atomic E-state index is 10.7. The number of fused-ring (bicyclic) bond motifs is 1. The van der Waals surface area contributed by atoms with Crippen LogP contribution in [0.3, 0.4) is 0 Å². The van der Waals surface area contributed by atoms with E-state index in [0.717, 1.165) is 36.2 Å². The van der Waals surface area contributed by atoms with Gasteiger partial charge in [-0.05, 0) is 6.07 Å². The third-order valence-corrected chi connectivity index (χ3v) is 3.58. The van der Waals surface area contributed by atoms with Crippen molar-refractivity contribution < 1.29 is 4.79 Å². The summed E-state index contributed by atoms with van der Waals surface area (Å²) in [5.74, 6) is 0.870. The van der Waals surface area contributed by atoms with Crippen molar-refractivity contribution in [2.45, 2.75) is 0 Å². The molecule has 2 aromatic rings. The van der Waals surface area contributed by atoms with E-state index in [1.807, 2.05) is 24.3 Å². The van der Waals surface area contributed by atoms with Gasteiger partial charge in [-0.1, -0.05) is 18.2 Å². The minimum atomic E-state index is 0.690. The number of piperazine rings is 1. The Bertz CT molecular complexity index is 647. The molecule has 1 aliphatic rings. The molecule has 1 aliphatic heterocycles. The lowest BCUT2D eigenvalue weighted by Crippen LogP contribution is -2.46. The number of para-hydroxylation sites is 1. The van der Waals surface area contributed by atoms with Crippen molar-refractivity contribution in [3.05, 3.63) is 29.8 Å². The van der Waals surface area contributed by atoms with E-state index in [4.69, 9.17) is 0 Å². The summed E-state index contributed by atoms with van der Waals surface area (Å²) in [5.41, 5.74) is 1.67. The first-order valence-electron chi connectivity index (χ1n) is 6.28. The van der Waals surface area contributed by atoms with Gasteiger partial charge in [-0.3, -0.25) is 4.79 Å². The number of carbonyl (C=O) groups excluding carboxylic acids is 1. The Hall–Kier alpha value is -2.48. The predicted molar refractivity (Wildman–Crippen MR) is 72.9 cm³/mol. The number of carbonyl (C=O) groups is 1. The Morgan fingerprint density at radius 1 is 1.21 bits per heavy atom. The van der Waals surface area contributed by atoms with E-state index >= 15 is 0 Å². The smallest absolute Gasteiger partial charge is 0.209 e. The lowest BCUT2D eigenvalue weighted by molar-refractivity contribution is -0.118. The average molecular weight is 254 g/mol. The van der Waals surface area contributed by atoms with E-state index in [9.17, 15) is 10.1 Å². The van der Waals surface area contributed by atoms with Gasteiger partial charge in [0, 0.05) is 37.1 Å². The van der Waals surface area contributed by atoms with Gasteiger partial charge in [0.25, 0.3) is 0 Å². The van der Waals surface area contributed by atoms with Crippen LogP contribution in [0.2, 0.25) is 0 Å². The normalized spacial score (nSPS) is 15.5. The van der Waals surface area contributed by atoms with E-state index in [2.05, 4.69) is 16.0 Å². The van der Waals surface area contributed by atoms with Gasteiger partial charge in [-0.15, -0.1) is 0 Å². The van der Waals surface area contributed by atoms with Crippen LogP contribution in [0.25, 0.3) is 10.9 Å². The molecule has 0 unspecified atom stereocenters. The number of nitrogens with zero attached hydrogens (tertiary/aromatic N) is 3. The van der Waals surface area contributed by atoms with Gasteiger partial charge in [0.05, 0.1) is 0 Å². The first-order valence-corrected chi connectivity index (χ1v) is 6.28. The number of hydrogen-bond acceptors (Lipinski definition) is 3. The van der Waals surface area contributed by atoms with Gasteiger partial charge in [-0.25, -0.2) is 0 Å². The molecule has 19 heavy (non-hydrogen) atoms. The monoisotopic (exact) mass is 254 g/mol. The lowest BCUT2D eigenvalue weighted by Gasteiger charge is -2.33. The number of aromatic amines is 1. The van der Waals surface area contributed by atoms with Crippen molar-refractivity contribution in [3.63, 3.8) is 0 Å². The molecule has 2 heterocycles. The number of nitrogens with one attached hydrogen (secondary N) is 1. The van der Waals surface area contributed by atoms with Crippen molar-refractivity contribution in [1.82, 2.24) is 9.88 Å². The van der Waals surface area contributed by atoms with Crippen LogP contribution in [0.5, 0.6) is 0 Å². The molecule has 1 N–H and O–H groups in total. The maximum atomic E-state index is 10.7. The summed E-state index contributed by atoms with van der Waals surface area (Å²) < 4.78 is 0. The highest BCUT2D eigenvalue weighted by Crippen LogP contribution is 2.28. The van der Waals surface area contributed by atoms with Crippen molar-refractivity contribution in [3.8, 4) is 6.07 Å². The maximum Gasteiger partial charge on any atom is 0.209 e. The number of benzene rings is 1. The Balaban J connectivity index is 1.97. The molecule has 1 aromatic carbocycles. The number of amides is 1. The van der Waals surface area contributed by atoms with E-state index < -0.39 is 0 Å². The Kier molecular flexibility index (Phi) is 2.84. The van der Waals surface area contributed by atoms with Crippen LogP contribution in [0.4, 0.5) is 5.82 Å². The van der Waals surface area contributed by atoms with Gasteiger partial charge in [0.2, 0.25) is 6.41 Å². The summed E-state index contributed by atoms with van der Waals surface area (Å²) >= 11 is 0. The first kappa shape index (κ1) is 11.6. The molecule has 0 radical (unpaired) electrons. The molecule has 1 aromatic heterocycles. The van der Waals surface area contributed by atoms with Crippen molar-refractivity contribution in [2.75, 3.05) is 31.1 Å². The van der Waals surface area contributed by atoms with Crippen LogP contribution in [-0.2, 0) is 4.79 Å². The van der Waals surface area contributed by atoms with Gasteiger partial charge in [-0.2, -0.15) is 5.26 Å². The molecule has 0 saturated carbocycles. The van der Waals surface area contributed by atoms with Gasteiger partial charge in [0.1, 0.15) is 17.5 Å². The molecule has 0 aliphatic carbocycles. The first-order chi connectivity index (χ1) is 9.33. The van der Waals surface area contributed by atoms with Crippen molar-refractivity contribution >= 4 is 23.1 Å². The summed E-state index contributed by atoms with van der Waals surface area (Å²) in [7, 11) is 0. The summed E-state index contributed by atoms with van der Waals surface area (Å²) in [5, 5.41) is 10.3.